The summed E-state index contributed by atoms with van der Waals surface area (Å²) >= 11 is 5.63. The molecule has 0 aliphatic rings. The molecular formula is C11H9ClFN3O4S. The molecule has 2 aromatic rings. The Balaban J connectivity index is 2.48. The largest absolute Gasteiger partial charge is 0.476 e. The predicted octanol–water partition coefficient (Wildman–Crippen LogP) is 2.01. The van der Waals surface area contributed by atoms with Crippen LogP contribution in [0, 0.1) is 12.7 Å². The number of carboxylic acids is 1. The van der Waals surface area contributed by atoms with E-state index in [1.807, 2.05) is 0 Å². The third kappa shape index (κ3) is 3.14. The van der Waals surface area contributed by atoms with E-state index in [-0.39, 0.29) is 16.4 Å². The summed E-state index contributed by atoms with van der Waals surface area (Å²) in [5, 5.41) is 14.6. The first-order valence-corrected chi connectivity index (χ1v) is 7.34. The molecule has 21 heavy (non-hydrogen) atoms. The van der Waals surface area contributed by atoms with E-state index in [4.69, 9.17) is 16.7 Å². The fraction of sp³-hybridized carbons (Fsp3) is 0.0909. The van der Waals surface area contributed by atoms with Gasteiger partial charge in [-0.2, -0.15) is 5.10 Å². The van der Waals surface area contributed by atoms with Crippen molar-refractivity contribution in [1.82, 2.24) is 10.2 Å². The fourth-order valence-electron chi connectivity index (χ4n) is 1.71. The molecule has 0 bridgehead atoms. The monoisotopic (exact) mass is 333 g/mol. The fourth-order valence-corrected chi connectivity index (χ4v) is 3.30. The molecule has 3 N–H and O–H groups in total. The van der Waals surface area contributed by atoms with Crippen LogP contribution in [0.4, 0.5) is 10.1 Å². The van der Waals surface area contributed by atoms with E-state index in [0.717, 1.165) is 12.1 Å². The lowest BCUT2D eigenvalue weighted by atomic mass is 10.3. The van der Waals surface area contributed by atoms with Crippen molar-refractivity contribution >= 4 is 33.3 Å². The van der Waals surface area contributed by atoms with Gasteiger partial charge in [0.1, 0.15) is 10.7 Å². The van der Waals surface area contributed by atoms with Crippen LogP contribution in [0.1, 0.15) is 16.2 Å². The number of aryl methyl sites for hydroxylation is 1. The van der Waals surface area contributed by atoms with Gasteiger partial charge in [0.15, 0.2) is 5.69 Å². The smallest absolute Gasteiger partial charge is 0.357 e. The third-order valence-corrected chi connectivity index (χ3v) is 4.24. The number of aromatic nitrogens is 2. The quantitative estimate of drug-likeness (QED) is 0.792. The summed E-state index contributed by atoms with van der Waals surface area (Å²) in [6.07, 6.45) is 0. The van der Waals surface area contributed by atoms with Crippen LogP contribution < -0.4 is 4.72 Å². The van der Waals surface area contributed by atoms with Crippen LogP contribution in [0.15, 0.2) is 23.1 Å². The molecule has 0 aliphatic carbocycles. The molecule has 0 amide bonds. The van der Waals surface area contributed by atoms with Crippen LogP contribution >= 0.6 is 11.6 Å². The first-order valence-electron chi connectivity index (χ1n) is 5.48. The summed E-state index contributed by atoms with van der Waals surface area (Å²) in [6.45, 7) is 1.35. The number of carbonyl (C=O) groups is 1. The van der Waals surface area contributed by atoms with Gasteiger partial charge in [-0.15, -0.1) is 0 Å². The van der Waals surface area contributed by atoms with Gasteiger partial charge in [0, 0.05) is 5.02 Å². The molecule has 1 aromatic carbocycles. The first kappa shape index (κ1) is 15.3. The Kier molecular flexibility index (Phi) is 3.88. The van der Waals surface area contributed by atoms with Crippen LogP contribution in [0.25, 0.3) is 0 Å². The van der Waals surface area contributed by atoms with Crippen molar-refractivity contribution in [3.63, 3.8) is 0 Å². The Hall–Kier alpha value is -2.13. The topological polar surface area (TPSA) is 112 Å². The lowest BCUT2D eigenvalue weighted by Crippen LogP contribution is -2.17. The van der Waals surface area contributed by atoms with Gasteiger partial charge < -0.3 is 5.11 Å². The van der Waals surface area contributed by atoms with Crippen molar-refractivity contribution in [2.24, 2.45) is 0 Å². The maximum atomic E-state index is 13.2. The molecular weight excluding hydrogens is 325 g/mol. The molecule has 0 aliphatic heterocycles. The van der Waals surface area contributed by atoms with E-state index in [2.05, 4.69) is 14.9 Å². The number of nitrogens with one attached hydrogen (secondary N) is 2. The number of halogens is 2. The molecule has 0 spiro atoms. The molecule has 0 fully saturated rings. The molecule has 1 heterocycles. The Morgan fingerprint density at radius 2 is 2.10 bits per heavy atom. The number of carboxylic acid groups (broad SMARTS) is 1. The molecule has 0 unspecified atom stereocenters. The van der Waals surface area contributed by atoms with E-state index in [1.165, 1.54) is 13.0 Å². The van der Waals surface area contributed by atoms with Crippen molar-refractivity contribution in [1.29, 1.82) is 0 Å². The van der Waals surface area contributed by atoms with Gasteiger partial charge in [0.25, 0.3) is 10.0 Å². The molecule has 7 nitrogen and oxygen atoms in total. The Morgan fingerprint density at radius 1 is 1.43 bits per heavy atom. The van der Waals surface area contributed by atoms with Crippen molar-refractivity contribution in [2.75, 3.05) is 4.72 Å². The highest BCUT2D eigenvalue weighted by molar-refractivity contribution is 7.92. The van der Waals surface area contributed by atoms with Gasteiger partial charge in [-0.05, 0) is 25.1 Å². The molecule has 0 saturated heterocycles. The normalized spacial score (nSPS) is 11.4. The van der Waals surface area contributed by atoms with Crippen molar-refractivity contribution in [3.05, 3.63) is 40.4 Å². The summed E-state index contributed by atoms with van der Waals surface area (Å²) < 4.78 is 39.7. The van der Waals surface area contributed by atoms with Gasteiger partial charge in [-0.25, -0.2) is 17.6 Å². The van der Waals surface area contributed by atoms with Gasteiger partial charge in [0.05, 0.1) is 11.4 Å². The zero-order valence-corrected chi connectivity index (χ0v) is 12.1. The molecule has 0 radical (unpaired) electrons. The molecule has 112 valence electrons. The summed E-state index contributed by atoms with van der Waals surface area (Å²) in [5.41, 5.74) is -0.734. The maximum Gasteiger partial charge on any atom is 0.357 e. The van der Waals surface area contributed by atoms with Crippen LogP contribution in [-0.4, -0.2) is 29.7 Å². The van der Waals surface area contributed by atoms with E-state index >= 15 is 0 Å². The Morgan fingerprint density at radius 3 is 2.67 bits per heavy atom. The van der Waals surface area contributed by atoms with Crippen LogP contribution in [0.2, 0.25) is 5.02 Å². The second-order valence-corrected chi connectivity index (χ2v) is 6.15. The average Bonchev–Trinajstić information content (AvgIpc) is 2.69. The second kappa shape index (κ2) is 5.34. The number of rotatable bonds is 4. The lowest BCUT2D eigenvalue weighted by Gasteiger charge is -2.08. The van der Waals surface area contributed by atoms with Gasteiger partial charge >= 0.3 is 5.97 Å². The van der Waals surface area contributed by atoms with E-state index in [1.54, 1.807) is 0 Å². The number of sulfonamides is 1. The lowest BCUT2D eigenvalue weighted by molar-refractivity contribution is 0.0686. The molecule has 0 saturated carbocycles. The molecule has 0 atom stereocenters. The number of H-pyrrole nitrogens is 1. The molecule has 1 aromatic heterocycles. The van der Waals surface area contributed by atoms with E-state index in [9.17, 15) is 17.6 Å². The molecule has 2 rings (SSSR count). The summed E-state index contributed by atoms with van der Waals surface area (Å²) in [4.78, 5) is 10.5. The van der Waals surface area contributed by atoms with Crippen molar-refractivity contribution in [2.45, 2.75) is 11.8 Å². The zero-order valence-electron chi connectivity index (χ0n) is 10.5. The van der Waals surface area contributed by atoms with Crippen molar-refractivity contribution < 1.29 is 22.7 Å². The Bertz CT molecular complexity index is 799. The average molecular weight is 334 g/mol. The SMILES string of the molecule is Cc1[nH]nc(C(=O)O)c1S(=O)(=O)Nc1cc(F)cc(Cl)c1. The number of hydrogen-bond donors (Lipinski definition) is 3. The van der Waals surface area contributed by atoms with Crippen LogP contribution in [0.3, 0.4) is 0 Å². The number of nitrogens with zero attached hydrogens (tertiary/aromatic N) is 1. The first-order chi connectivity index (χ1) is 9.70. The number of anilines is 1. The minimum Gasteiger partial charge on any atom is -0.476 e. The van der Waals surface area contributed by atoms with E-state index < -0.39 is 32.4 Å². The van der Waals surface area contributed by atoms with Gasteiger partial charge in [-0.1, -0.05) is 11.6 Å². The highest BCUT2D eigenvalue weighted by Gasteiger charge is 2.28. The molecule has 10 heteroatoms. The predicted molar refractivity (Wildman–Crippen MR) is 72.5 cm³/mol. The van der Waals surface area contributed by atoms with Crippen LogP contribution in [-0.2, 0) is 10.0 Å². The summed E-state index contributed by atoms with van der Waals surface area (Å²) in [6, 6.07) is 3.11. The zero-order chi connectivity index (χ0) is 15.8. The van der Waals surface area contributed by atoms with Gasteiger partial charge in [0.2, 0.25) is 0 Å². The number of aromatic carboxylic acids is 1. The highest BCUT2D eigenvalue weighted by Crippen LogP contribution is 2.24. The van der Waals surface area contributed by atoms with Crippen LogP contribution in [0.5, 0.6) is 0 Å². The maximum absolute atomic E-state index is 13.2. The number of benzene rings is 1. The Labute approximate surface area is 123 Å². The van der Waals surface area contributed by atoms with Crippen molar-refractivity contribution in [3.8, 4) is 0 Å². The minimum atomic E-state index is -4.26. The second-order valence-electron chi connectivity index (χ2n) is 4.10. The summed E-state index contributed by atoms with van der Waals surface area (Å²) in [5.74, 6) is -2.24. The third-order valence-electron chi connectivity index (χ3n) is 2.48. The highest BCUT2D eigenvalue weighted by atomic mass is 35.5. The minimum absolute atomic E-state index is 0.00456. The van der Waals surface area contributed by atoms with E-state index in [0.29, 0.717) is 0 Å². The number of hydrogen-bond acceptors (Lipinski definition) is 4. The van der Waals surface area contributed by atoms with Gasteiger partial charge in [-0.3, -0.25) is 9.82 Å². The number of aromatic amines is 1. The summed E-state index contributed by atoms with van der Waals surface area (Å²) in [7, 11) is -4.26. The standard InChI is InChI=1S/C11H9ClFN3O4S/c1-5-10(9(11(17)18)15-14-5)21(19,20)16-8-3-6(12)2-7(13)4-8/h2-4,16H,1H3,(H,14,15)(H,17,18).